The van der Waals surface area contributed by atoms with Gasteiger partial charge in [0, 0.05) is 12.1 Å². The third-order valence-corrected chi connectivity index (χ3v) is 3.88. The summed E-state index contributed by atoms with van der Waals surface area (Å²) in [6.07, 6.45) is 3.51. The molecule has 1 aromatic heterocycles. The predicted molar refractivity (Wildman–Crippen MR) is 64.7 cm³/mol. The van der Waals surface area contributed by atoms with Crippen molar-refractivity contribution >= 4 is 5.91 Å². The molecule has 0 aliphatic heterocycles. The standard InChI is InChI=1S/C13H20N2O2/c1-8-5-4-6-11(10(8)3)14-13(16)12-7-9(2)17-15-12/h7-8,10-11H,4-6H2,1-3H3,(H,14,16)/t8-,10-,11+/m0/s1. The normalized spacial score (nSPS) is 29.0. The van der Waals surface area contributed by atoms with Gasteiger partial charge in [-0.05, 0) is 25.2 Å². The Morgan fingerprint density at radius 3 is 2.88 bits per heavy atom. The number of aromatic nitrogens is 1. The second-order valence-corrected chi connectivity index (χ2v) is 5.17. The largest absolute Gasteiger partial charge is 0.361 e. The molecule has 1 aliphatic carbocycles. The van der Waals surface area contributed by atoms with Gasteiger partial charge in [-0.25, -0.2) is 0 Å². The molecule has 0 bridgehead atoms. The van der Waals surface area contributed by atoms with Crippen LogP contribution in [0.3, 0.4) is 0 Å². The number of nitrogens with one attached hydrogen (secondary N) is 1. The molecule has 94 valence electrons. The molecule has 1 saturated carbocycles. The lowest BCUT2D eigenvalue weighted by Crippen LogP contribution is -2.43. The molecule has 0 radical (unpaired) electrons. The SMILES string of the molecule is Cc1cc(C(=O)N[C@@H]2CCC[C@H](C)[C@@H]2C)no1. The van der Waals surface area contributed by atoms with Gasteiger partial charge >= 0.3 is 0 Å². The van der Waals surface area contributed by atoms with Crippen LogP contribution in [-0.4, -0.2) is 17.1 Å². The van der Waals surface area contributed by atoms with E-state index in [1.165, 1.54) is 12.8 Å². The summed E-state index contributed by atoms with van der Waals surface area (Å²) >= 11 is 0. The number of nitrogens with zero attached hydrogens (tertiary/aromatic N) is 1. The molecule has 0 aromatic carbocycles. The predicted octanol–water partition coefficient (Wildman–Crippen LogP) is 2.54. The first-order valence-electron chi connectivity index (χ1n) is 6.32. The summed E-state index contributed by atoms with van der Waals surface area (Å²) < 4.78 is 4.91. The van der Waals surface area contributed by atoms with Crippen molar-refractivity contribution in [3.05, 3.63) is 17.5 Å². The second-order valence-electron chi connectivity index (χ2n) is 5.17. The van der Waals surface area contributed by atoms with Crippen molar-refractivity contribution in [1.82, 2.24) is 10.5 Å². The Hall–Kier alpha value is -1.32. The molecular weight excluding hydrogens is 216 g/mol. The molecule has 0 unspecified atom stereocenters. The number of hydrogen-bond acceptors (Lipinski definition) is 3. The molecule has 3 atom stereocenters. The van der Waals surface area contributed by atoms with Crippen molar-refractivity contribution in [3.8, 4) is 0 Å². The highest BCUT2D eigenvalue weighted by Crippen LogP contribution is 2.29. The second kappa shape index (κ2) is 4.90. The van der Waals surface area contributed by atoms with E-state index >= 15 is 0 Å². The van der Waals surface area contributed by atoms with Gasteiger partial charge in [-0.15, -0.1) is 0 Å². The lowest BCUT2D eigenvalue weighted by molar-refractivity contribution is 0.0882. The highest BCUT2D eigenvalue weighted by atomic mass is 16.5. The number of carbonyl (C=O) groups excluding carboxylic acids is 1. The summed E-state index contributed by atoms with van der Waals surface area (Å²) in [4.78, 5) is 11.9. The van der Waals surface area contributed by atoms with Gasteiger partial charge in [0.05, 0.1) is 0 Å². The quantitative estimate of drug-likeness (QED) is 0.858. The molecule has 2 rings (SSSR count). The Morgan fingerprint density at radius 1 is 1.47 bits per heavy atom. The number of carbonyl (C=O) groups is 1. The summed E-state index contributed by atoms with van der Waals surface area (Å²) in [5.41, 5.74) is 0.382. The van der Waals surface area contributed by atoms with E-state index in [-0.39, 0.29) is 11.9 Å². The first-order valence-corrected chi connectivity index (χ1v) is 6.32. The summed E-state index contributed by atoms with van der Waals surface area (Å²) in [6, 6.07) is 1.94. The maximum absolute atomic E-state index is 11.9. The number of aryl methyl sites for hydroxylation is 1. The molecule has 0 saturated heterocycles. The van der Waals surface area contributed by atoms with Crippen molar-refractivity contribution in [2.75, 3.05) is 0 Å². The van der Waals surface area contributed by atoms with Crippen molar-refractivity contribution in [2.24, 2.45) is 11.8 Å². The van der Waals surface area contributed by atoms with Crippen LogP contribution in [0.25, 0.3) is 0 Å². The molecule has 1 aliphatic rings. The van der Waals surface area contributed by atoms with Crippen LogP contribution in [0, 0.1) is 18.8 Å². The zero-order chi connectivity index (χ0) is 12.4. The summed E-state index contributed by atoms with van der Waals surface area (Å²) in [7, 11) is 0. The molecule has 4 heteroatoms. The summed E-state index contributed by atoms with van der Waals surface area (Å²) in [5.74, 6) is 1.75. The van der Waals surface area contributed by atoms with E-state index in [9.17, 15) is 4.79 Å². The zero-order valence-electron chi connectivity index (χ0n) is 10.7. The van der Waals surface area contributed by atoms with Gasteiger partial charge in [0.15, 0.2) is 5.69 Å². The van der Waals surface area contributed by atoms with Crippen LogP contribution in [0.15, 0.2) is 10.6 Å². The van der Waals surface area contributed by atoms with E-state index in [0.29, 0.717) is 23.3 Å². The first kappa shape index (κ1) is 12.1. The Balaban J connectivity index is 1.98. The summed E-state index contributed by atoms with van der Waals surface area (Å²) in [5, 5.41) is 6.81. The Morgan fingerprint density at radius 2 is 2.24 bits per heavy atom. The van der Waals surface area contributed by atoms with Crippen molar-refractivity contribution in [1.29, 1.82) is 0 Å². The van der Waals surface area contributed by atoms with Crippen LogP contribution in [-0.2, 0) is 0 Å². The highest BCUT2D eigenvalue weighted by Gasteiger charge is 2.28. The lowest BCUT2D eigenvalue weighted by atomic mass is 9.78. The fourth-order valence-corrected chi connectivity index (χ4v) is 2.50. The average molecular weight is 236 g/mol. The van der Waals surface area contributed by atoms with Gasteiger partial charge in [-0.2, -0.15) is 0 Å². The van der Waals surface area contributed by atoms with Crippen molar-refractivity contribution < 1.29 is 9.32 Å². The van der Waals surface area contributed by atoms with Crippen LogP contribution in [0.4, 0.5) is 0 Å². The molecule has 1 heterocycles. The van der Waals surface area contributed by atoms with Crippen LogP contribution >= 0.6 is 0 Å². The third kappa shape index (κ3) is 2.68. The Bertz CT molecular complexity index is 400. The number of amides is 1. The zero-order valence-corrected chi connectivity index (χ0v) is 10.7. The molecule has 1 aromatic rings. The lowest BCUT2D eigenvalue weighted by Gasteiger charge is -2.34. The first-order chi connectivity index (χ1) is 8.08. The fourth-order valence-electron chi connectivity index (χ4n) is 2.50. The minimum atomic E-state index is -0.118. The molecular formula is C13H20N2O2. The number of hydrogen-bond donors (Lipinski definition) is 1. The van der Waals surface area contributed by atoms with E-state index < -0.39 is 0 Å². The minimum Gasteiger partial charge on any atom is -0.361 e. The molecule has 1 N–H and O–H groups in total. The van der Waals surface area contributed by atoms with Crippen LogP contribution in [0.2, 0.25) is 0 Å². The third-order valence-electron chi connectivity index (χ3n) is 3.88. The van der Waals surface area contributed by atoms with Crippen molar-refractivity contribution in [2.45, 2.75) is 46.1 Å². The summed E-state index contributed by atoms with van der Waals surface area (Å²) in [6.45, 7) is 6.25. The van der Waals surface area contributed by atoms with Gasteiger partial charge in [0.25, 0.3) is 5.91 Å². The topological polar surface area (TPSA) is 55.1 Å². The van der Waals surface area contributed by atoms with Gasteiger partial charge < -0.3 is 9.84 Å². The Labute approximate surface area is 102 Å². The van der Waals surface area contributed by atoms with Gasteiger partial charge in [0.2, 0.25) is 0 Å². The number of rotatable bonds is 2. The maximum atomic E-state index is 11.9. The maximum Gasteiger partial charge on any atom is 0.273 e. The van der Waals surface area contributed by atoms with Gasteiger partial charge in [0.1, 0.15) is 5.76 Å². The van der Waals surface area contributed by atoms with E-state index in [4.69, 9.17) is 4.52 Å². The fraction of sp³-hybridized carbons (Fsp3) is 0.692. The minimum absolute atomic E-state index is 0.118. The van der Waals surface area contributed by atoms with E-state index in [1.807, 2.05) is 0 Å². The molecule has 17 heavy (non-hydrogen) atoms. The molecule has 0 spiro atoms. The molecule has 1 fully saturated rings. The van der Waals surface area contributed by atoms with Crippen LogP contribution < -0.4 is 5.32 Å². The Kier molecular flexibility index (Phi) is 3.50. The van der Waals surface area contributed by atoms with Gasteiger partial charge in [-0.3, -0.25) is 4.79 Å². The van der Waals surface area contributed by atoms with Gasteiger partial charge in [-0.1, -0.05) is 31.8 Å². The molecule has 1 amide bonds. The van der Waals surface area contributed by atoms with Crippen LogP contribution in [0.1, 0.15) is 49.4 Å². The molecule has 4 nitrogen and oxygen atoms in total. The van der Waals surface area contributed by atoms with E-state index in [2.05, 4.69) is 24.3 Å². The average Bonchev–Trinajstić information content (AvgIpc) is 2.72. The monoisotopic (exact) mass is 236 g/mol. The smallest absolute Gasteiger partial charge is 0.273 e. The van der Waals surface area contributed by atoms with E-state index in [1.54, 1.807) is 13.0 Å². The van der Waals surface area contributed by atoms with E-state index in [0.717, 1.165) is 6.42 Å². The van der Waals surface area contributed by atoms with Crippen molar-refractivity contribution in [3.63, 3.8) is 0 Å². The van der Waals surface area contributed by atoms with Crippen LogP contribution in [0.5, 0.6) is 0 Å². The highest BCUT2D eigenvalue weighted by molar-refractivity contribution is 5.92.